The second-order valence-corrected chi connectivity index (χ2v) is 5.82. The predicted octanol–water partition coefficient (Wildman–Crippen LogP) is 2.48. The Labute approximate surface area is 138 Å². The summed E-state index contributed by atoms with van der Waals surface area (Å²) in [5.41, 5.74) is 1.75. The third-order valence-corrected chi connectivity index (χ3v) is 4.06. The molecule has 1 unspecified atom stereocenters. The highest BCUT2D eigenvalue weighted by Crippen LogP contribution is 2.27. The molecule has 0 aliphatic heterocycles. The van der Waals surface area contributed by atoms with E-state index in [-0.39, 0.29) is 36.4 Å². The number of rotatable bonds is 5. The summed E-state index contributed by atoms with van der Waals surface area (Å²) in [6.45, 7) is 0.181. The van der Waals surface area contributed by atoms with Crippen LogP contribution < -0.4 is 15.6 Å². The van der Waals surface area contributed by atoms with E-state index in [9.17, 15) is 14.0 Å². The summed E-state index contributed by atoms with van der Waals surface area (Å²) in [7, 11) is 0. The van der Waals surface area contributed by atoms with Gasteiger partial charge in [0.15, 0.2) is 0 Å². The molecule has 3 rings (SSSR count). The Morgan fingerprint density at radius 1 is 1.33 bits per heavy atom. The number of aromatic amines is 1. The van der Waals surface area contributed by atoms with Crippen molar-refractivity contribution in [1.82, 2.24) is 10.3 Å². The molecule has 6 heteroatoms. The summed E-state index contributed by atoms with van der Waals surface area (Å²) in [6, 6.07) is 9.00. The number of aryl methyl sites for hydroxylation is 1. The van der Waals surface area contributed by atoms with E-state index in [0.717, 1.165) is 30.5 Å². The molecule has 2 N–H and O–H groups in total. The summed E-state index contributed by atoms with van der Waals surface area (Å²) in [5.74, 6) is -0.0939. The first kappa shape index (κ1) is 16.2. The van der Waals surface area contributed by atoms with Crippen LogP contribution in [0.4, 0.5) is 4.39 Å². The van der Waals surface area contributed by atoms with E-state index in [1.54, 1.807) is 18.2 Å². The Morgan fingerprint density at radius 2 is 2.21 bits per heavy atom. The number of carbonyl (C=O) groups excluding carboxylic acids is 1. The maximum absolute atomic E-state index is 13.0. The standard InChI is InChI=1S/C18H19FN2O3/c19-12-3-1-4-13(11-12)24-10-9-18(23)21-16-6-2-5-15-14(16)7-8-17(22)20-15/h1,3-4,7-8,11,16H,2,5-6,9-10H2,(H,20,22)(H,21,23). The number of ether oxygens (including phenoxy) is 1. The molecule has 1 aliphatic rings. The fraction of sp³-hybridized carbons (Fsp3) is 0.333. The van der Waals surface area contributed by atoms with Gasteiger partial charge in [-0.15, -0.1) is 0 Å². The fourth-order valence-corrected chi connectivity index (χ4v) is 2.94. The van der Waals surface area contributed by atoms with Gasteiger partial charge in [-0.05, 0) is 43.0 Å². The lowest BCUT2D eigenvalue weighted by Gasteiger charge is -2.25. The Balaban J connectivity index is 1.53. The predicted molar refractivity (Wildman–Crippen MR) is 87.4 cm³/mol. The first-order valence-corrected chi connectivity index (χ1v) is 8.01. The second-order valence-electron chi connectivity index (χ2n) is 5.82. The molecule has 1 amide bonds. The molecule has 0 saturated carbocycles. The molecular formula is C18H19FN2O3. The Bertz CT molecular complexity index is 788. The number of nitrogens with one attached hydrogen (secondary N) is 2. The minimum Gasteiger partial charge on any atom is -0.493 e. The zero-order valence-electron chi connectivity index (χ0n) is 13.2. The largest absolute Gasteiger partial charge is 0.493 e. The van der Waals surface area contributed by atoms with Gasteiger partial charge in [0.05, 0.1) is 19.1 Å². The molecule has 126 valence electrons. The fourth-order valence-electron chi connectivity index (χ4n) is 2.94. The number of fused-ring (bicyclic) bond motifs is 1. The van der Waals surface area contributed by atoms with E-state index in [0.29, 0.717) is 5.75 Å². The van der Waals surface area contributed by atoms with Gasteiger partial charge in [-0.2, -0.15) is 0 Å². The average Bonchev–Trinajstić information content (AvgIpc) is 2.55. The Hall–Kier alpha value is -2.63. The summed E-state index contributed by atoms with van der Waals surface area (Å²) in [6.07, 6.45) is 2.76. The lowest BCUT2D eigenvalue weighted by atomic mass is 9.91. The SMILES string of the molecule is O=C(CCOc1cccc(F)c1)NC1CCCc2[nH]c(=O)ccc21. The Kier molecular flexibility index (Phi) is 4.93. The second kappa shape index (κ2) is 7.29. The first-order valence-electron chi connectivity index (χ1n) is 8.01. The molecule has 0 bridgehead atoms. The van der Waals surface area contributed by atoms with Crippen LogP contribution in [0.15, 0.2) is 41.2 Å². The molecule has 1 aliphatic carbocycles. The third kappa shape index (κ3) is 4.01. The number of H-pyrrole nitrogens is 1. The van der Waals surface area contributed by atoms with Crippen LogP contribution in [0.1, 0.15) is 36.6 Å². The van der Waals surface area contributed by atoms with Crippen molar-refractivity contribution in [2.24, 2.45) is 0 Å². The van der Waals surface area contributed by atoms with Crippen LogP contribution >= 0.6 is 0 Å². The van der Waals surface area contributed by atoms with Crippen LogP contribution in [0.5, 0.6) is 5.75 Å². The molecule has 24 heavy (non-hydrogen) atoms. The van der Waals surface area contributed by atoms with Crippen molar-refractivity contribution in [3.8, 4) is 5.75 Å². The smallest absolute Gasteiger partial charge is 0.248 e. The third-order valence-electron chi connectivity index (χ3n) is 4.06. The number of pyridine rings is 1. The molecule has 1 aromatic carbocycles. The normalized spacial score (nSPS) is 16.3. The summed E-state index contributed by atoms with van der Waals surface area (Å²) in [4.78, 5) is 26.3. The van der Waals surface area contributed by atoms with Crippen LogP contribution in [0.3, 0.4) is 0 Å². The number of amides is 1. The molecule has 5 nitrogen and oxygen atoms in total. The first-order chi connectivity index (χ1) is 11.6. The monoisotopic (exact) mass is 330 g/mol. The molecule has 1 atom stereocenters. The maximum Gasteiger partial charge on any atom is 0.248 e. The van der Waals surface area contributed by atoms with E-state index >= 15 is 0 Å². The van der Waals surface area contributed by atoms with Gasteiger partial charge in [-0.1, -0.05) is 6.07 Å². The lowest BCUT2D eigenvalue weighted by Crippen LogP contribution is -2.32. The summed E-state index contributed by atoms with van der Waals surface area (Å²) in [5, 5.41) is 2.98. The molecule has 0 fully saturated rings. The number of halogens is 1. The molecule has 2 aromatic rings. The summed E-state index contributed by atoms with van der Waals surface area (Å²) >= 11 is 0. The molecule has 1 heterocycles. The zero-order chi connectivity index (χ0) is 16.9. The van der Waals surface area contributed by atoms with E-state index in [1.807, 2.05) is 0 Å². The molecule has 0 spiro atoms. The van der Waals surface area contributed by atoms with E-state index < -0.39 is 0 Å². The van der Waals surface area contributed by atoms with Crippen molar-refractivity contribution in [2.45, 2.75) is 31.7 Å². The summed E-state index contributed by atoms with van der Waals surface area (Å²) < 4.78 is 18.4. The minimum atomic E-state index is -0.371. The molecular weight excluding hydrogens is 311 g/mol. The minimum absolute atomic E-state index is 0.0905. The molecule has 0 radical (unpaired) electrons. The van der Waals surface area contributed by atoms with Gasteiger partial charge in [0, 0.05) is 17.8 Å². The van der Waals surface area contributed by atoms with Gasteiger partial charge < -0.3 is 15.0 Å². The van der Waals surface area contributed by atoms with Crippen LogP contribution in [0, 0.1) is 5.82 Å². The van der Waals surface area contributed by atoms with Gasteiger partial charge in [0.25, 0.3) is 0 Å². The number of carbonyl (C=O) groups is 1. The van der Waals surface area contributed by atoms with Gasteiger partial charge in [-0.3, -0.25) is 9.59 Å². The highest BCUT2D eigenvalue weighted by Gasteiger charge is 2.22. The van der Waals surface area contributed by atoms with Gasteiger partial charge in [0.1, 0.15) is 11.6 Å². The van der Waals surface area contributed by atoms with Crippen LogP contribution in [-0.4, -0.2) is 17.5 Å². The van der Waals surface area contributed by atoms with Gasteiger partial charge >= 0.3 is 0 Å². The lowest BCUT2D eigenvalue weighted by molar-refractivity contribution is -0.122. The van der Waals surface area contributed by atoms with Crippen LogP contribution in [0.25, 0.3) is 0 Å². The number of benzene rings is 1. The highest BCUT2D eigenvalue weighted by molar-refractivity contribution is 5.76. The average molecular weight is 330 g/mol. The molecule has 0 saturated heterocycles. The van der Waals surface area contributed by atoms with Crippen molar-refractivity contribution in [3.05, 3.63) is 63.8 Å². The number of hydrogen-bond donors (Lipinski definition) is 2. The maximum atomic E-state index is 13.0. The molecule has 1 aromatic heterocycles. The van der Waals surface area contributed by atoms with Crippen molar-refractivity contribution in [3.63, 3.8) is 0 Å². The van der Waals surface area contributed by atoms with Gasteiger partial charge in [0.2, 0.25) is 11.5 Å². The van der Waals surface area contributed by atoms with E-state index in [1.165, 1.54) is 18.2 Å². The van der Waals surface area contributed by atoms with Crippen LogP contribution in [-0.2, 0) is 11.2 Å². The Morgan fingerprint density at radius 3 is 3.04 bits per heavy atom. The topological polar surface area (TPSA) is 71.2 Å². The van der Waals surface area contributed by atoms with Crippen molar-refractivity contribution < 1.29 is 13.9 Å². The quantitative estimate of drug-likeness (QED) is 0.885. The van der Waals surface area contributed by atoms with E-state index in [2.05, 4.69) is 10.3 Å². The zero-order valence-corrected chi connectivity index (χ0v) is 13.2. The highest BCUT2D eigenvalue weighted by atomic mass is 19.1. The van der Waals surface area contributed by atoms with E-state index in [4.69, 9.17) is 4.74 Å². The van der Waals surface area contributed by atoms with Crippen molar-refractivity contribution in [2.75, 3.05) is 6.61 Å². The van der Waals surface area contributed by atoms with Crippen molar-refractivity contribution >= 4 is 5.91 Å². The number of aromatic nitrogens is 1. The number of hydrogen-bond acceptors (Lipinski definition) is 3. The van der Waals surface area contributed by atoms with Gasteiger partial charge in [-0.25, -0.2) is 4.39 Å². The van der Waals surface area contributed by atoms with Crippen LogP contribution in [0.2, 0.25) is 0 Å². The van der Waals surface area contributed by atoms with Crippen molar-refractivity contribution in [1.29, 1.82) is 0 Å².